The molecule has 0 radical (unpaired) electrons. The summed E-state index contributed by atoms with van der Waals surface area (Å²) in [6.07, 6.45) is -10.7. The monoisotopic (exact) mass is 884 g/mol. The zero-order chi connectivity index (χ0) is 44.4. The number of allylic oxidation sites excluding steroid dienone is 4. The number of halogens is 18. The van der Waals surface area contributed by atoms with E-state index in [1.165, 1.54) is 25.7 Å². The van der Waals surface area contributed by atoms with Crippen LogP contribution in [0.25, 0.3) is 0 Å². The van der Waals surface area contributed by atoms with Gasteiger partial charge in [-0.15, -0.1) is 0 Å². The first-order chi connectivity index (χ1) is 24.1. The van der Waals surface area contributed by atoms with Crippen LogP contribution in [0.4, 0.5) is 79.0 Å². The SMILES string of the molecule is CC(C)CCCC(C)CCN.N#CC1=C(OS(=O)(=O)C(F)(F)C(F)(F)C(F)(F)C(F)(F)F)C(=N)C(=N)C(OS(=O)(=O)C(F)(F)C(F)(F)C(F)(F)C(F)(F)F)=C1. The Kier molecular flexibility index (Phi) is 15.5. The van der Waals surface area contributed by atoms with Crippen LogP contribution in [0.1, 0.15) is 46.5 Å². The summed E-state index contributed by atoms with van der Waals surface area (Å²) in [7, 11) is -15.9. The van der Waals surface area contributed by atoms with Gasteiger partial charge in [0, 0.05) is 6.08 Å². The summed E-state index contributed by atoms with van der Waals surface area (Å²) in [5.74, 6) is -35.0. The molecule has 0 aromatic heterocycles. The Morgan fingerprint density at radius 3 is 1.36 bits per heavy atom. The molecule has 0 heterocycles. The van der Waals surface area contributed by atoms with Gasteiger partial charge in [-0.3, -0.25) is 10.8 Å². The molecule has 0 bridgehead atoms. The number of alkyl halides is 18. The zero-order valence-electron chi connectivity index (χ0n) is 27.4. The maximum atomic E-state index is 13.9. The van der Waals surface area contributed by atoms with Gasteiger partial charge in [0.2, 0.25) is 0 Å². The third-order valence-corrected chi connectivity index (χ3v) is 9.31. The molecular formula is C25H26F18N4O6S2. The first-order valence-electron chi connectivity index (χ1n) is 14.1. The molecule has 10 nitrogen and oxygen atoms in total. The molecule has 1 rings (SSSR count). The Morgan fingerprint density at radius 1 is 0.655 bits per heavy atom. The molecule has 0 saturated heterocycles. The van der Waals surface area contributed by atoms with Crippen molar-refractivity contribution in [3.05, 3.63) is 23.2 Å². The molecule has 0 amide bonds. The molecule has 320 valence electrons. The van der Waals surface area contributed by atoms with E-state index in [0.29, 0.717) is 6.07 Å². The highest BCUT2D eigenvalue weighted by atomic mass is 32.2. The van der Waals surface area contributed by atoms with Gasteiger partial charge in [0.1, 0.15) is 23.1 Å². The van der Waals surface area contributed by atoms with Gasteiger partial charge in [0.05, 0.1) is 0 Å². The number of nitriles is 1. The molecule has 0 aliphatic heterocycles. The number of rotatable bonds is 16. The van der Waals surface area contributed by atoms with Crippen molar-refractivity contribution in [3.8, 4) is 6.07 Å². The van der Waals surface area contributed by atoms with Crippen LogP contribution in [-0.2, 0) is 28.6 Å². The molecular weight excluding hydrogens is 858 g/mol. The molecule has 0 saturated carbocycles. The van der Waals surface area contributed by atoms with Crippen LogP contribution in [0, 0.1) is 34.0 Å². The summed E-state index contributed by atoms with van der Waals surface area (Å²) in [5, 5.41) is 8.01. The maximum absolute atomic E-state index is 13.9. The van der Waals surface area contributed by atoms with E-state index in [2.05, 4.69) is 29.1 Å². The van der Waals surface area contributed by atoms with Gasteiger partial charge in [-0.05, 0) is 24.8 Å². The van der Waals surface area contributed by atoms with E-state index in [1.54, 1.807) is 0 Å². The van der Waals surface area contributed by atoms with E-state index in [1.807, 2.05) is 0 Å². The molecule has 1 aliphatic rings. The number of hydrogen-bond donors (Lipinski definition) is 3. The Labute approximate surface area is 298 Å². The average Bonchev–Trinajstić information content (AvgIpc) is 2.99. The zero-order valence-corrected chi connectivity index (χ0v) is 29.0. The molecule has 1 unspecified atom stereocenters. The van der Waals surface area contributed by atoms with Gasteiger partial charge < -0.3 is 14.1 Å². The van der Waals surface area contributed by atoms with Gasteiger partial charge in [0.25, 0.3) is 0 Å². The van der Waals surface area contributed by atoms with Crippen LogP contribution < -0.4 is 5.73 Å². The summed E-state index contributed by atoms with van der Waals surface area (Å²) in [5.41, 5.74) is -1.70. The lowest BCUT2D eigenvalue weighted by Crippen LogP contribution is -2.63. The molecule has 0 aromatic rings. The fraction of sp³-hybridized carbons (Fsp3) is 0.720. The van der Waals surface area contributed by atoms with Gasteiger partial charge >= 0.3 is 66.8 Å². The van der Waals surface area contributed by atoms with E-state index in [4.69, 9.17) is 21.8 Å². The van der Waals surface area contributed by atoms with Crippen LogP contribution in [-0.4, -0.2) is 81.4 Å². The highest BCUT2D eigenvalue weighted by molar-refractivity contribution is 7.88. The van der Waals surface area contributed by atoms with Gasteiger partial charge in [0.15, 0.2) is 11.5 Å². The lowest BCUT2D eigenvalue weighted by atomic mass is 9.97. The van der Waals surface area contributed by atoms with Gasteiger partial charge in [-0.25, -0.2) is 0 Å². The van der Waals surface area contributed by atoms with Crippen molar-refractivity contribution in [2.24, 2.45) is 17.6 Å². The quantitative estimate of drug-likeness (QED) is 0.0790. The molecule has 4 N–H and O–H groups in total. The van der Waals surface area contributed by atoms with Crippen molar-refractivity contribution in [2.45, 2.75) is 93.0 Å². The Bertz CT molecular complexity index is 1760. The van der Waals surface area contributed by atoms with Crippen LogP contribution in [0.5, 0.6) is 0 Å². The van der Waals surface area contributed by atoms with Crippen molar-refractivity contribution < 1.29 is 104 Å². The van der Waals surface area contributed by atoms with Crippen molar-refractivity contribution in [1.82, 2.24) is 0 Å². The number of nitrogens with one attached hydrogen (secondary N) is 2. The summed E-state index contributed by atoms with van der Waals surface area (Å²) in [6, 6.07) is 0.438. The molecule has 0 spiro atoms. The molecule has 1 atom stereocenters. The predicted molar refractivity (Wildman–Crippen MR) is 150 cm³/mol. The fourth-order valence-electron chi connectivity index (χ4n) is 3.55. The van der Waals surface area contributed by atoms with Crippen LogP contribution >= 0.6 is 0 Å². The molecule has 55 heavy (non-hydrogen) atoms. The first kappa shape index (κ1) is 51.5. The molecule has 0 aromatic carbocycles. The van der Waals surface area contributed by atoms with Gasteiger partial charge in [-0.2, -0.15) is 101 Å². The number of hydrogen-bond acceptors (Lipinski definition) is 10. The lowest BCUT2D eigenvalue weighted by Gasteiger charge is -2.33. The average molecular weight is 885 g/mol. The first-order valence-corrected chi connectivity index (χ1v) is 17.0. The van der Waals surface area contributed by atoms with Crippen molar-refractivity contribution in [1.29, 1.82) is 16.1 Å². The minimum absolute atomic E-state index is 0.438. The Balaban J connectivity index is 0.00000228. The van der Waals surface area contributed by atoms with E-state index in [-0.39, 0.29) is 0 Å². The molecule has 30 heteroatoms. The van der Waals surface area contributed by atoms with E-state index >= 15 is 0 Å². The van der Waals surface area contributed by atoms with E-state index in [0.717, 1.165) is 18.4 Å². The number of nitrogens with two attached hydrogens (primary N) is 1. The summed E-state index contributed by atoms with van der Waals surface area (Å²) < 4.78 is 287. The third kappa shape index (κ3) is 9.91. The van der Waals surface area contributed by atoms with Crippen LogP contribution in [0.15, 0.2) is 23.2 Å². The lowest BCUT2D eigenvalue weighted by molar-refractivity contribution is -0.382. The highest BCUT2D eigenvalue weighted by Crippen LogP contribution is 2.56. The van der Waals surface area contributed by atoms with Crippen LogP contribution in [0.2, 0.25) is 0 Å². The maximum Gasteiger partial charge on any atom is 0.460 e. The van der Waals surface area contributed by atoms with Crippen LogP contribution in [0.3, 0.4) is 0 Å². The standard InChI is InChI=1S/C15H3F18N3O6S2.C10H23N/c16-8(17,12(24,25)26)10(20,21)14(30,31)43(37,38)41-4-1-3(2-34)7(6(36)5(4)35)42-44(39,40)15(32,33)11(22,23)9(18,19)13(27,28)29;1-9(2)5-4-6-10(3)7-8-11/h1,35-36H;9-10H,4-8,11H2,1-3H3. The Morgan fingerprint density at radius 2 is 1.04 bits per heavy atom. The minimum atomic E-state index is -7.99. The second-order valence-electron chi connectivity index (χ2n) is 11.5. The third-order valence-electron chi connectivity index (χ3n) is 6.75. The normalized spacial score (nSPS) is 16.7. The minimum Gasteiger partial charge on any atom is -0.376 e. The summed E-state index contributed by atoms with van der Waals surface area (Å²) in [4.78, 5) is 0. The largest absolute Gasteiger partial charge is 0.460 e. The fourth-order valence-corrected chi connectivity index (χ4v) is 5.40. The van der Waals surface area contributed by atoms with Crippen molar-refractivity contribution in [3.63, 3.8) is 0 Å². The van der Waals surface area contributed by atoms with E-state index < -0.39 is 101 Å². The molecule has 1 aliphatic carbocycles. The number of nitrogens with zero attached hydrogens (tertiary/aromatic N) is 1. The van der Waals surface area contributed by atoms with Gasteiger partial charge in [-0.1, -0.05) is 40.0 Å². The van der Waals surface area contributed by atoms with Crippen molar-refractivity contribution >= 4 is 31.7 Å². The summed E-state index contributed by atoms with van der Waals surface area (Å²) in [6.45, 7) is 7.72. The summed E-state index contributed by atoms with van der Waals surface area (Å²) >= 11 is 0. The highest BCUT2D eigenvalue weighted by Gasteiger charge is 2.87. The smallest absolute Gasteiger partial charge is 0.376 e. The van der Waals surface area contributed by atoms with E-state index in [9.17, 15) is 95.9 Å². The predicted octanol–water partition coefficient (Wildman–Crippen LogP) is 8.04. The Hall–Kier alpha value is -3.49. The second-order valence-corrected chi connectivity index (χ2v) is 14.7. The second kappa shape index (κ2) is 16.5. The topological polar surface area (TPSA) is 184 Å². The van der Waals surface area contributed by atoms with Crippen molar-refractivity contribution in [2.75, 3.05) is 6.54 Å². The molecule has 0 fully saturated rings.